The summed E-state index contributed by atoms with van der Waals surface area (Å²) in [7, 11) is 9.95. The molecule has 14 atom stereocenters. The Balaban J connectivity index is 3.05. The summed E-state index contributed by atoms with van der Waals surface area (Å²) in [5.74, 6) is -10.6. The van der Waals surface area contributed by atoms with Crippen molar-refractivity contribution in [3.05, 3.63) is 12.2 Å². The Labute approximate surface area is 556 Å². The number of rotatable bonds is 16. The number of piperidine rings is 1. The fourth-order valence-electron chi connectivity index (χ4n) is 12.6. The first kappa shape index (κ1) is 82.4. The molecule has 0 aromatic rings. The maximum Gasteiger partial charge on any atom is 0.246 e. The number of hydrogen-bond donors (Lipinski definition) is 5. The van der Waals surface area contributed by atoms with E-state index in [1.54, 1.807) is 67.5 Å². The predicted octanol–water partition coefficient (Wildman–Crippen LogP) is 3.48. The molecule has 0 unspecified atom stereocenters. The first-order valence-corrected chi connectivity index (χ1v) is 33.6. The molecule has 2 aliphatic rings. The van der Waals surface area contributed by atoms with Crippen LogP contribution in [-0.4, -0.2) is 251 Å². The number of likely N-dealkylation sites (N-methyl/N-ethyl adjacent to an activating group) is 7. The van der Waals surface area contributed by atoms with Crippen molar-refractivity contribution in [3.63, 3.8) is 0 Å². The minimum atomic E-state index is -1.64. The van der Waals surface area contributed by atoms with E-state index in [9.17, 15) is 34.3 Å². The molecule has 5 N–H and O–H groups in total. The second-order valence-corrected chi connectivity index (χ2v) is 28.4. The first-order chi connectivity index (χ1) is 43.1. The van der Waals surface area contributed by atoms with E-state index < -0.39 is 161 Å². The molecule has 2 heterocycles. The third-order valence-corrected chi connectivity index (χ3v) is 18.6. The van der Waals surface area contributed by atoms with Crippen molar-refractivity contribution in [2.24, 2.45) is 47.3 Å². The SMILES string of the molecule is C/C=C/C[C@@H](C)[C@@H](O)[C@H]1C(=O)N[C@@H](CC)C(=O)N(C)[C@H](C)C(=O)N(C)[C@@H]([C@H](C)CN2CCC(C#N)CC2)C(=O)N[C@@H](C(C)C)C(=O)N(C)[C@@H](CC(C)C)C(=O)N[C@@H](C)C(=O)N[C@H](C)C(=O)N(C)[C@@H](CC(C)C)C(=O)N(C)[C@@H](CC(C)C)C(=O)N(C)[C@@H](C(C)C)C(=O)N1C. The van der Waals surface area contributed by atoms with E-state index in [0.717, 1.165) is 9.80 Å². The average Bonchev–Trinajstić information content (AvgIpc) is 0.822. The lowest BCUT2D eigenvalue weighted by atomic mass is 9.91. The fraction of sp³-hybridized carbons (Fsp3) is 0.794. The number of amides is 11. The molecule has 0 radical (unpaired) electrons. The Morgan fingerprint density at radius 3 is 1.43 bits per heavy atom. The maximum atomic E-state index is 15.3. The van der Waals surface area contributed by atoms with Gasteiger partial charge in [-0.25, -0.2) is 0 Å². The van der Waals surface area contributed by atoms with Crippen LogP contribution in [0.4, 0.5) is 0 Å². The highest BCUT2D eigenvalue weighted by atomic mass is 16.3. The zero-order chi connectivity index (χ0) is 71.5. The minimum absolute atomic E-state index is 0.00600. The van der Waals surface area contributed by atoms with Crippen LogP contribution in [0.5, 0.6) is 0 Å². The van der Waals surface area contributed by atoms with Crippen molar-refractivity contribution in [2.75, 3.05) is 69.0 Å². The number of carbonyl (C=O) groups is 11. The van der Waals surface area contributed by atoms with Gasteiger partial charge in [-0.2, -0.15) is 5.26 Å². The normalized spacial score (nSPS) is 28.0. The number of hydrogen-bond acceptors (Lipinski definition) is 14. The Morgan fingerprint density at radius 2 is 0.957 bits per heavy atom. The second kappa shape index (κ2) is 37.4. The molecule has 0 aromatic heterocycles. The third kappa shape index (κ3) is 22.2. The van der Waals surface area contributed by atoms with Gasteiger partial charge in [0, 0.05) is 61.8 Å². The number of aliphatic hydroxyl groups excluding tert-OH is 1. The molecule has 2 aliphatic heterocycles. The summed E-state index contributed by atoms with van der Waals surface area (Å²) in [6.07, 6.45) is 3.98. The molecule has 528 valence electrons. The summed E-state index contributed by atoms with van der Waals surface area (Å²) in [4.78, 5) is 174. The number of likely N-dealkylation sites (tertiary alicyclic amines) is 1. The highest BCUT2D eigenvalue weighted by Gasteiger charge is 2.47. The molecular weight excluding hydrogens is 1190 g/mol. The van der Waals surface area contributed by atoms with Gasteiger partial charge in [0.25, 0.3) is 0 Å². The van der Waals surface area contributed by atoms with Crippen LogP contribution >= 0.6 is 0 Å². The summed E-state index contributed by atoms with van der Waals surface area (Å²) in [5.41, 5.74) is 0. The Hall–Kier alpha value is -6.68. The summed E-state index contributed by atoms with van der Waals surface area (Å²) >= 11 is 0. The van der Waals surface area contributed by atoms with Crippen LogP contribution in [0.15, 0.2) is 12.2 Å². The maximum absolute atomic E-state index is 15.3. The number of allylic oxidation sites excluding steroid dienone is 2. The number of nitrogens with one attached hydrogen (secondary N) is 4. The first-order valence-electron chi connectivity index (χ1n) is 33.6. The zero-order valence-corrected chi connectivity index (χ0v) is 60.7. The minimum Gasteiger partial charge on any atom is -0.390 e. The van der Waals surface area contributed by atoms with Crippen LogP contribution in [0, 0.1) is 58.7 Å². The summed E-state index contributed by atoms with van der Waals surface area (Å²) in [5, 5.41) is 33.0. The van der Waals surface area contributed by atoms with E-state index >= 15 is 28.8 Å². The monoisotopic (exact) mass is 1310 g/mol. The van der Waals surface area contributed by atoms with Crippen molar-refractivity contribution in [3.8, 4) is 6.07 Å². The van der Waals surface area contributed by atoms with E-state index in [2.05, 4.69) is 32.2 Å². The van der Waals surface area contributed by atoms with Crippen LogP contribution < -0.4 is 21.3 Å². The Bertz CT molecular complexity index is 2640. The molecule has 0 saturated carbocycles. The molecule has 11 amide bonds. The van der Waals surface area contributed by atoms with E-state index in [0.29, 0.717) is 38.9 Å². The van der Waals surface area contributed by atoms with E-state index in [-0.39, 0.29) is 49.4 Å². The number of nitrogens with zero attached hydrogens (tertiary/aromatic N) is 9. The summed E-state index contributed by atoms with van der Waals surface area (Å²) < 4.78 is 0. The van der Waals surface area contributed by atoms with Gasteiger partial charge in [-0.3, -0.25) is 52.7 Å². The zero-order valence-electron chi connectivity index (χ0n) is 60.7. The number of carbonyl (C=O) groups excluding carboxylic acids is 11. The third-order valence-electron chi connectivity index (χ3n) is 18.6. The molecule has 93 heavy (non-hydrogen) atoms. The number of nitriles is 1. The van der Waals surface area contributed by atoms with E-state index in [1.807, 2.05) is 41.5 Å². The van der Waals surface area contributed by atoms with Gasteiger partial charge in [-0.15, -0.1) is 0 Å². The quantitative estimate of drug-likeness (QED) is 0.138. The number of aliphatic hydroxyl groups is 1. The van der Waals surface area contributed by atoms with Gasteiger partial charge in [-0.1, -0.05) is 102 Å². The lowest BCUT2D eigenvalue weighted by Crippen LogP contribution is -2.64. The van der Waals surface area contributed by atoms with Gasteiger partial charge >= 0.3 is 0 Å². The Morgan fingerprint density at radius 1 is 0.505 bits per heavy atom. The van der Waals surface area contributed by atoms with Crippen molar-refractivity contribution in [2.45, 2.75) is 235 Å². The van der Waals surface area contributed by atoms with Crippen LogP contribution in [0.25, 0.3) is 0 Å². The van der Waals surface area contributed by atoms with Gasteiger partial charge < -0.3 is 65.6 Å². The van der Waals surface area contributed by atoms with Crippen molar-refractivity contribution >= 4 is 65.0 Å². The largest absolute Gasteiger partial charge is 0.390 e. The molecular formula is C68H119N13O12. The smallest absolute Gasteiger partial charge is 0.246 e. The van der Waals surface area contributed by atoms with Crippen LogP contribution in [0.3, 0.4) is 0 Å². The highest BCUT2D eigenvalue weighted by molar-refractivity contribution is 6.00. The van der Waals surface area contributed by atoms with Crippen LogP contribution in [0.2, 0.25) is 0 Å². The topological polar surface area (TPSA) is 306 Å². The van der Waals surface area contributed by atoms with Crippen molar-refractivity contribution < 1.29 is 57.8 Å². The highest BCUT2D eigenvalue weighted by Crippen LogP contribution is 2.27. The van der Waals surface area contributed by atoms with Gasteiger partial charge in [0.2, 0.25) is 65.0 Å². The standard InChI is InChI=1S/C68H119N13O12/c1-25-27-28-43(13)57(82)56-61(86)72-49(26-2)64(89)74(18)47(17)63(88)79(23)55(44(14)37-81-31-29-48(36-69)30-32-81)60(85)73-53(41(9)10)67(92)75(19)50(33-38(3)4)59(84)70-45(15)58(83)71-46(16)62(87)76(20)51(34-39(5)6)65(90)77(21)52(35-40(7)8)66(91)78(22)54(42(11)12)68(93)80(56)24/h25,27,38-57,82H,26,28-35,37H2,1-24H3,(H,70,84)(H,71,83)(H,72,86)(H,73,85)/b27-25+/t43-,44-,45+,46-,47-,49+,50+,51+,52+,53+,54+,55+,56+,57-/m1/s1. The van der Waals surface area contributed by atoms with Crippen molar-refractivity contribution in [1.82, 2.24) is 60.5 Å². The van der Waals surface area contributed by atoms with Gasteiger partial charge in [0.15, 0.2) is 0 Å². The fourth-order valence-corrected chi connectivity index (χ4v) is 12.6. The second-order valence-electron chi connectivity index (χ2n) is 28.4. The van der Waals surface area contributed by atoms with Crippen LogP contribution in [0.1, 0.15) is 163 Å². The molecule has 0 bridgehead atoms. The van der Waals surface area contributed by atoms with Gasteiger partial charge in [0.05, 0.1) is 12.2 Å². The molecule has 2 fully saturated rings. The molecule has 25 heteroatoms. The molecule has 0 aliphatic carbocycles. The summed E-state index contributed by atoms with van der Waals surface area (Å²) in [6.45, 7) is 30.9. The molecule has 25 nitrogen and oxygen atoms in total. The van der Waals surface area contributed by atoms with Crippen molar-refractivity contribution in [1.29, 1.82) is 5.26 Å². The molecule has 2 saturated heterocycles. The lowest BCUT2D eigenvalue weighted by molar-refractivity contribution is -0.157. The predicted molar refractivity (Wildman–Crippen MR) is 358 cm³/mol. The van der Waals surface area contributed by atoms with Crippen LogP contribution in [-0.2, 0) is 52.7 Å². The molecule has 0 aromatic carbocycles. The Kier molecular flexibility index (Phi) is 33.2. The molecule has 0 spiro atoms. The van der Waals surface area contributed by atoms with Gasteiger partial charge in [0.1, 0.15) is 66.5 Å². The molecule has 2 rings (SSSR count). The summed E-state index contributed by atoms with van der Waals surface area (Å²) in [6, 6.07) is -11.6. The van der Waals surface area contributed by atoms with E-state index in [4.69, 9.17) is 0 Å². The van der Waals surface area contributed by atoms with E-state index in [1.165, 1.54) is 94.6 Å². The lowest BCUT2D eigenvalue weighted by Gasteiger charge is -2.41. The average molecular weight is 1310 g/mol. The van der Waals surface area contributed by atoms with Gasteiger partial charge in [-0.05, 0) is 127 Å².